The van der Waals surface area contributed by atoms with E-state index in [0.717, 1.165) is 22.9 Å². The van der Waals surface area contributed by atoms with E-state index in [2.05, 4.69) is 15.3 Å². The van der Waals surface area contributed by atoms with E-state index in [0.29, 0.717) is 5.89 Å². The van der Waals surface area contributed by atoms with Crippen LogP contribution in [0.4, 0.5) is 0 Å². The molecule has 1 N–H and O–H groups in total. The summed E-state index contributed by atoms with van der Waals surface area (Å²) in [5.41, 5.74) is 0.260. The van der Waals surface area contributed by atoms with E-state index in [9.17, 15) is 4.79 Å². The predicted molar refractivity (Wildman–Crippen MR) is 89.8 cm³/mol. The van der Waals surface area contributed by atoms with E-state index < -0.39 is 0 Å². The average molecular weight is 325 g/mol. The largest absolute Gasteiger partial charge is 0.483 e. The first kappa shape index (κ1) is 16.0. The molecule has 1 aromatic carbocycles. The highest BCUT2D eigenvalue weighted by atomic mass is 16.5. The van der Waals surface area contributed by atoms with Crippen LogP contribution in [0.25, 0.3) is 10.8 Å². The zero-order valence-electron chi connectivity index (χ0n) is 13.7. The molecule has 2 aromatic heterocycles. The molecule has 3 aromatic rings. The van der Waals surface area contributed by atoms with E-state index in [1.807, 2.05) is 38.1 Å². The van der Waals surface area contributed by atoms with Crippen LogP contribution in [0.1, 0.15) is 36.6 Å². The number of rotatable bonds is 6. The van der Waals surface area contributed by atoms with Crippen molar-refractivity contribution < 1.29 is 13.9 Å². The third-order valence-electron chi connectivity index (χ3n) is 3.77. The minimum Gasteiger partial charge on any atom is -0.483 e. The minimum absolute atomic E-state index is 0.0955. The van der Waals surface area contributed by atoms with Gasteiger partial charge in [0.15, 0.2) is 12.3 Å². The Morgan fingerprint density at radius 1 is 1.38 bits per heavy atom. The van der Waals surface area contributed by atoms with Crippen LogP contribution in [0.5, 0.6) is 5.75 Å². The van der Waals surface area contributed by atoms with Crippen LogP contribution in [0.15, 0.2) is 47.3 Å². The Kier molecular flexibility index (Phi) is 4.74. The van der Waals surface area contributed by atoms with Crippen molar-refractivity contribution in [3.8, 4) is 5.75 Å². The number of ether oxygens (including phenoxy) is 1. The number of nitrogens with one attached hydrogen (secondary N) is 1. The van der Waals surface area contributed by atoms with Crippen LogP contribution >= 0.6 is 0 Å². The van der Waals surface area contributed by atoms with E-state index in [4.69, 9.17) is 9.15 Å². The maximum Gasteiger partial charge on any atom is 0.273 e. The molecule has 0 fully saturated rings. The van der Waals surface area contributed by atoms with Gasteiger partial charge in [-0.1, -0.05) is 19.1 Å². The van der Waals surface area contributed by atoms with Crippen molar-refractivity contribution in [1.82, 2.24) is 15.3 Å². The number of hydrogen-bond donors (Lipinski definition) is 1. The molecule has 2 heterocycles. The number of carbonyl (C=O) groups excluding carboxylic acids is 1. The van der Waals surface area contributed by atoms with Gasteiger partial charge in [0.05, 0.1) is 0 Å². The minimum atomic E-state index is -0.240. The van der Waals surface area contributed by atoms with Crippen LogP contribution < -0.4 is 10.1 Å². The lowest BCUT2D eigenvalue weighted by molar-refractivity contribution is 0.0934. The summed E-state index contributed by atoms with van der Waals surface area (Å²) < 4.78 is 11.1. The second-order valence-electron chi connectivity index (χ2n) is 5.55. The number of hydrogen-bond acceptors (Lipinski definition) is 5. The van der Waals surface area contributed by atoms with Gasteiger partial charge >= 0.3 is 0 Å². The van der Waals surface area contributed by atoms with Gasteiger partial charge in [0.1, 0.15) is 12.0 Å². The molecule has 0 radical (unpaired) electrons. The van der Waals surface area contributed by atoms with E-state index in [-0.39, 0.29) is 24.2 Å². The van der Waals surface area contributed by atoms with Crippen molar-refractivity contribution in [3.63, 3.8) is 0 Å². The summed E-state index contributed by atoms with van der Waals surface area (Å²) >= 11 is 0. The van der Waals surface area contributed by atoms with Crippen LogP contribution in [0.2, 0.25) is 0 Å². The second kappa shape index (κ2) is 7.12. The molecule has 1 atom stereocenters. The summed E-state index contributed by atoms with van der Waals surface area (Å²) in [5, 5.41) is 4.81. The van der Waals surface area contributed by atoms with Gasteiger partial charge in [0, 0.05) is 29.2 Å². The Morgan fingerprint density at radius 3 is 3.08 bits per heavy atom. The molecule has 0 aliphatic carbocycles. The van der Waals surface area contributed by atoms with Gasteiger partial charge in [0.25, 0.3) is 5.91 Å². The number of fused-ring (bicyclic) bond motifs is 1. The SMILES string of the molecule is CC[C@@H](C)NC(=O)c1coc(COc2cccc3cnccc23)n1. The molecule has 124 valence electrons. The lowest BCUT2D eigenvalue weighted by Crippen LogP contribution is -2.32. The van der Waals surface area contributed by atoms with E-state index >= 15 is 0 Å². The van der Waals surface area contributed by atoms with Gasteiger partial charge in [-0.05, 0) is 25.5 Å². The first-order valence-electron chi connectivity index (χ1n) is 7.88. The van der Waals surface area contributed by atoms with Gasteiger partial charge in [-0.25, -0.2) is 4.98 Å². The number of aromatic nitrogens is 2. The Hall–Kier alpha value is -2.89. The fourth-order valence-electron chi connectivity index (χ4n) is 2.24. The van der Waals surface area contributed by atoms with Crippen molar-refractivity contribution in [2.45, 2.75) is 32.9 Å². The highest BCUT2D eigenvalue weighted by Gasteiger charge is 2.14. The molecule has 1 amide bonds. The number of pyridine rings is 1. The van der Waals surface area contributed by atoms with Gasteiger partial charge in [0.2, 0.25) is 5.89 Å². The molecule has 24 heavy (non-hydrogen) atoms. The lowest BCUT2D eigenvalue weighted by Gasteiger charge is -2.09. The summed E-state index contributed by atoms with van der Waals surface area (Å²) in [6, 6.07) is 7.74. The zero-order chi connectivity index (χ0) is 16.9. The highest BCUT2D eigenvalue weighted by molar-refractivity contribution is 5.92. The molecule has 0 bridgehead atoms. The molecule has 0 saturated carbocycles. The maximum atomic E-state index is 12.0. The quantitative estimate of drug-likeness (QED) is 0.752. The predicted octanol–water partition coefficient (Wildman–Crippen LogP) is 3.33. The number of oxazole rings is 1. The van der Waals surface area contributed by atoms with Crippen molar-refractivity contribution in [2.75, 3.05) is 0 Å². The average Bonchev–Trinajstić information content (AvgIpc) is 3.09. The molecule has 0 spiro atoms. The lowest BCUT2D eigenvalue weighted by atomic mass is 10.1. The molecule has 0 unspecified atom stereocenters. The van der Waals surface area contributed by atoms with Crippen molar-refractivity contribution in [1.29, 1.82) is 0 Å². The van der Waals surface area contributed by atoms with Crippen LogP contribution in [-0.2, 0) is 6.61 Å². The standard InChI is InChI=1S/C18H19N3O3/c1-3-12(2)20-18(22)15-10-24-17(21-15)11-23-16-6-4-5-13-9-19-8-7-14(13)16/h4-10,12H,3,11H2,1-2H3,(H,20,22)/t12-/m1/s1. The van der Waals surface area contributed by atoms with Crippen molar-refractivity contribution >= 4 is 16.7 Å². The summed E-state index contributed by atoms with van der Waals surface area (Å²) in [4.78, 5) is 20.3. The number of carbonyl (C=O) groups is 1. The summed E-state index contributed by atoms with van der Waals surface area (Å²) in [5.74, 6) is 0.838. The zero-order valence-corrected chi connectivity index (χ0v) is 13.7. The third-order valence-corrected chi connectivity index (χ3v) is 3.77. The molecule has 0 aliphatic rings. The third kappa shape index (κ3) is 3.53. The molecular formula is C18H19N3O3. The fourth-order valence-corrected chi connectivity index (χ4v) is 2.24. The Balaban J connectivity index is 1.68. The monoisotopic (exact) mass is 325 g/mol. The van der Waals surface area contributed by atoms with Crippen LogP contribution in [-0.4, -0.2) is 21.9 Å². The smallest absolute Gasteiger partial charge is 0.273 e. The number of amides is 1. The number of nitrogens with zero attached hydrogens (tertiary/aromatic N) is 2. The fraction of sp³-hybridized carbons (Fsp3) is 0.278. The van der Waals surface area contributed by atoms with Gasteiger partial charge in [-0.2, -0.15) is 0 Å². The summed E-state index contributed by atoms with van der Waals surface area (Å²) in [6.07, 6.45) is 5.71. The topological polar surface area (TPSA) is 77.2 Å². The van der Waals surface area contributed by atoms with E-state index in [1.165, 1.54) is 6.26 Å². The highest BCUT2D eigenvalue weighted by Crippen LogP contribution is 2.25. The van der Waals surface area contributed by atoms with Crippen molar-refractivity contribution in [2.24, 2.45) is 0 Å². The summed E-state index contributed by atoms with van der Waals surface area (Å²) in [6.45, 7) is 4.10. The summed E-state index contributed by atoms with van der Waals surface area (Å²) in [7, 11) is 0. The van der Waals surface area contributed by atoms with Gasteiger partial charge in [-0.15, -0.1) is 0 Å². The first-order valence-corrected chi connectivity index (χ1v) is 7.88. The molecule has 6 heteroatoms. The molecule has 0 saturated heterocycles. The van der Waals surface area contributed by atoms with E-state index in [1.54, 1.807) is 12.4 Å². The number of benzene rings is 1. The normalized spacial score (nSPS) is 12.1. The molecule has 3 rings (SSSR count). The van der Waals surface area contributed by atoms with Crippen LogP contribution in [0, 0.1) is 0 Å². The first-order chi connectivity index (χ1) is 11.7. The molecule has 0 aliphatic heterocycles. The maximum absolute atomic E-state index is 12.0. The molecular weight excluding hydrogens is 306 g/mol. The van der Waals surface area contributed by atoms with Gasteiger partial charge in [-0.3, -0.25) is 9.78 Å². The van der Waals surface area contributed by atoms with Crippen LogP contribution in [0.3, 0.4) is 0 Å². The Bertz CT molecular complexity index is 839. The van der Waals surface area contributed by atoms with Crippen molar-refractivity contribution in [3.05, 3.63) is 54.5 Å². The second-order valence-corrected chi connectivity index (χ2v) is 5.55. The van der Waals surface area contributed by atoms with Gasteiger partial charge < -0.3 is 14.5 Å². The Labute approximate surface area is 139 Å². The molecule has 6 nitrogen and oxygen atoms in total. The Morgan fingerprint density at radius 2 is 2.25 bits per heavy atom.